The first kappa shape index (κ1) is 19.0. The number of hydrogen-bond acceptors (Lipinski definition) is 4. The standard InChI is InChI=1S/C18H18BrF3N2O2/c19-15-11-13(3-6-16(15)25)17(24-9-7-23-8-10-24)12-1-4-14(5-2-12)26-18(20,21)22/h1-6,11,17,23,25H,7-10H2/t17-/m0/s1. The monoisotopic (exact) mass is 430 g/mol. The number of phenols is 1. The number of rotatable bonds is 4. The van der Waals surface area contributed by atoms with Crippen LogP contribution in [-0.4, -0.2) is 42.5 Å². The van der Waals surface area contributed by atoms with Crippen molar-refractivity contribution in [1.82, 2.24) is 10.2 Å². The first-order valence-corrected chi connectivity index (χ1v) is 8.92. The van der Waals surface area contributed by atoms with Crippen molar-refractivity contribution >= 4 is 15.9 Å². The van der Waals surface area contributed by atoms with Gasteiger partial charge in [0.05, 0.1) is 10.5 Å². The lowest BCUT2D eigenvalue weighted by Crippen LogP contribution is -2.45. The van der Waals surface area contributed by atoms with Crippen LogP contribution >= 0.6 is 15.9 Å². The van der Waals surface area contributed by atoms with Crippen LogP contribution in [0.4, 0.5) is 13.2 Å². The molecule has 4 nitrogen and oxygen atoms in total. The normalized spacial score (nSPS) is 17.1. The molecule has 0 radical (unpaired) electrons. The van der Waals surface area contributed by atoms with Gasteiger partial charge in [0.1, 0.15) is 11.5 Å². The van der Waals surface area contributed by atoms with Crippen molar-refractivity contribution in [2.24, 2.45) is 0 Å². The number of alkyl halides is 3. The molecule has 2 aromatic carbocycles. The van der Waals surface area contributed by atoms with Gasteiger partial charge in [0.25, 0.3) is 0 Å². The SMILES string of the molecule is Oc1ccc([C@H](c2ccc(OC(F)(F)F)cc2)N2CCNCC2)cc1Br. The number of benzene rings is 2. The molecule has 0 aromatic heterocycles. The second-order valence-corrected chi connectivity index (χ2v) is 6.87. The highest BCUT2D eigenvalue weighted by molar-refractivity contribution is 9.10. The van der Waals surface area contributed by atoms with E-state index in [4.69, 9.17) is 0 Å². The average Bonchev–Trinajstić information content (AvgIpc) is 2.59. The number of aromatic hydroxyl groups is 1. The molecule has 1 heterocycles. The van der Waals surface area contributed by atoms with Gasteiger partial charge in [0.2, 0.25) is 0 Å². The molecule has 0 unspecified atom stereocenters. The zero-order valence-electron chi connectivity index (χ0n) is 13.8. The number of nitrogens with zero attached hydrogens (tertiary/aromatic N) is 1. The van der Waals surface area contributed by atoms with Crippen LogP contribution in [0.5, 0.6) is 11.5 Å². The fourth-order valence-corrected chi connectivity index (χ4v) is 3.50. The number of piperazine rings is 1. The molecule has 26 heavy (non-hydrogen) atoms. The summed E-state index contributed by atoms with van der Waals surface area (Å²) < 4.78 is 41.7. The molecule has 3 rings (SSSR count). The highest BCUT2D eigenvalue weighted by Crippen LogP contribution is 2.35. The highest BCUT2D eigenvalue weighted by atomic mass is 79.9. The third kappa shape index (κ3) is 4.69. The summed E-state index contributed by atoms with van der Waals surface area (Å²) in [5, 5.41) is 13.0. The maximum Gasteiger partial charge on any atom is 0.573 e. The Kier molecular flexibility index (Phi) is 5.74. The van der Waals surface area contributed by atoms with Crippen LogP contribution in [0.25, 0.3) is 0 Å². The van der Waals surface area contributed by atoms with Crippen LogP contribution < -0.4 is 10.1 Å². The fraction of sp³-hybridized carbons (Fsp3) is 0.333. The van der Waals surface area contributed by atoms with Gasteiger partial charge >= 0.3 is 6.36 Å². The number of nitrogens with one attached hydrogen (secondary N) is 1. The third-order valence-corrected chi connectivity index (χ3v) is 4.87. The molecular formula is C18H18BrF3N2O2. The van der Waals surface area contributed by atoms with Crippen molar-refractivity contribution in [3.63, 3.8) is 0 Å². The van der Waals surface area contributed by atoms with Crippen LogP contribution in [0.3, 0.4) is 0 Å². The summed E-state index contributed by atoms with van der Waals surface area (Å²) in [4.78, 5) is 2.26. The molecule has 1 saturated heterocycles. The topological polar surface area (TPSA) is 44.7 Å². The predicted molar refractivity (Wildman–Crippen MR) is 95.2 cm³/mol. The quantitative estimate of drug-likeness (QED) is 0.767. The maximum atomic E-state index is 12.4. The summed E-state index contributed by atoms with van der Waals surface area (Å²) in [7, 11) is 0. The minimum absolute atomic E-state index is 0.131. The summed E-state index contributed by atoms with van der Waals surface area (Å²) >= 11 is 3.33. The van der Waals surface area contributed by atoms with Gasteiger partial charge in [-0.25, -0.2) is 0 Å². The molecular weight excluding hydrogens is 413 g/mol. The van der Waals surface area contributed by atoms with Crippen LogP contribution in [0.15, 0.2) is 46.9 Å². The van der Waals surface area contributed by atoms with Gasteiger partial charge in [-0.05, 0) is 51.3 Å². The highest BCUT2D eigenvalue weighted by Gasteiger charge is 2.31. The lowest BCUT2D eigenvalue weighted by atomic mass is 9.96. The van der Waals surface area contributed by atoms with Gasteiger partial charge < -0.3 is 15.2 Å². The lowest BCUT2D eigenvalue weighted by molar-refractivity contribution is -0.274. The Morgan fingerprint density at radius 1 is 1.04 bits per heavy atom. The Morgan fingerprint density at radius 2 is 1.65 bits per heavy atom. The van der Waals surface area contributed by atoms with Crippen molar-refractivity contribution < 1.29 is 23.0 Å². The van der Waals surface area contributed by atoms with Crippen molar-refractivity contribution in [2.45, 2.75) is 12.4 Å². The molecule has 0 amide bonds. The van der Waals surface area contributed by atoms with Gasteiger partial charge in [0.15, 0.2) is 0 Å². The van der Waals surface area contributed by atoms with E-state index in [-0.39, 0.29) is 17.5 Å². The Labute approximate surface area is 157 Å². The average molecular weight is 431 g/mol. The van der Waals surface area contributed by atoms with Gasteiger partial charge in [-0.2, -0.15) is 0 Å². The van der Waals surface area contributed by atoms with Crippen LogP contribution in [-0.2, 0) is 0 Å². The Bertz CT molecular complexity index is 747. The Hall–Kier alpha value is -1.77. The summed E-state index contributed by atoms with van der Waals surface area (Å²) in [5.41, 5.74) is 1.81. The summed E-state index contributed by atoms with van der Waals surface area (Å²) in [6.07, 6.45) is -4.71. The number of phenolic OH excluding ortho intramolecular Hbond substituents is 1. The Balaban J connectivity index is 1.93. The number of hydrogen-bond donors (Lipinski definition) is 2. The largest absolute Gasteiger partial charge is 0.573 e. The second-order valence-electron chi connectivity index (χ2n) is 6.02. The van der Waals surface area contributed by atoms with Gasteiger partial charge in [0, 0.05) is 26.2 Å². The first-order chi connectivity index (χ1) is 12.3. The van der Waals surface area contributed by atoms with Gasteiger partial charge in [-0.3, -0.25) is 4.90 Å². The molecule has 0 bridgehead atoms. The molecule has 1 atom stereocenters. The van der Waals surface area contributed by atoms with Crippen molar-refractivity contribution in [3.05, 3.63) is 58.1 Å². The third-order valence-electron chi connectivity index (χ3n) is 4.23. The van der Waals surface area contributed by atoms with Crippen molar-refractivity contribution in [1.29, 1.82) is 0 Å². The van der Waals surface area contributed by atoms with Crippen LogP contribution in [0.1, 0.15) is 17.2 Å². The summed E-state index contributed by atoms with van der Waals surface area (Å²) in [5.74, 6) is -0.103. The van der Waals surface area contributed by atoms with Crippen molar-refractivity contribution in [2.75, 3.05) is 26.2 Å². The molecule has 140 valence electrons. The predicted octanol–water partition coefficient (Wildman–Crippen LogP) is 4.05. The molecule has 2 aromatic rings. The van der Waals surface area contributed by atoms with E-state index in [1.807, 2.05) is 12.1 Å². The van der Waals surface area contributed by atoms with E-state index in [0.29, 0.717) is 4.47 Å². The zero-order chi connectivity index (χ0) is 18.7. The van der Waals surface area contributed by atoms with E-state index in [2.05, 4.69) is 30.9 Å². The first-order valence-electron chi connectivity index (χ1n) is 8.12. The smallest absolute Gasteiger partial charge is 0.507 e. The maximum absolute atomic E-state index is 12.4. The molecule has 0 aliphatic carbocycles. The molecule has 1 aliphatic rings. The molecule has 0 saturated carbocycles. The van der Waals surface area contributed by atoms with E-state index in [0.717, 1.165) is 37.3 Å². The van der Waals surface area contributed by atoms with Gasteiger partial charge in [-0.15, -0.1) is 13.2 Å². The summed E-state index contributed by atoms with van der Waals surface area (Å²) in [6.45, 7) is 3.30. The van der Waals surface area contributed by atoms with Crippen LogP contribution in [0.2, 0.25) is 0 Å². The summed E-state index contributed by atoms with van der Waals surface area (Å²) in [6, 6.07) is 11.1. The lowest BCUT2D eigenvalue weighted by Gasteiger charge is -2.35. The Morgan fingerprint density at radius 3 is 2.23 bits per heavy atom. The van der Waals surface area contributed by atoms with E-state index in [1.165, 1.54) is 12.1 Å². The molecule has 0 spiro atoms. The van der Waals surface area contributed by atoms with E-state index < -0.39 is 6.36 Å². The fourth-order valence-electron chi connectivity index (χ4n) is 3.10. The minimum Gasteiger partial charge on any atom is -0.507 e. The number of ether oxygens (including phenoxy) is 1. The van der Waals surface area contributed by atoms with Gasteiger partial charge in [-0.1, -0.05) is 18.2 Å². The van der Waals surface area contributed by atoms with E-state index in [9.17, 15) is 18.3 Å². The van der Waals surface area contributed by atoms with E-state index >= 15 is 0 Å². The van der Waals surface area contributed by atoms with Crippen molar-refractivity contribution in [3.8, 4) is 11.5 Å². The molecule has 1 fully saturated rings. The van der Waals surface area contributed by atoms with E-state index in [1.54, 1.807) is 18.2 Å². The minimum atomic E-state index is -4.71. The van der Waals surface area contributed by atoms with Crippen LogP contribution in [0, 0.1) is 0 Å². The molecule has 2 N–H and O–H groups in total. The zero-order valence-corrected chi connectivity index (χ0v) is 15.3. The second kappa shape index (κ2) is 7.85. The molecule has 8 heteroatoms. The molecule has 1 aliphatic heterocycles. The number of halogens is 4.